The molecule has 9 nitrogen and oxygen atoms in total. The predicted molar refractivity (Wildman–Crippen MR) is 93.7 cm³/mol. The number of amides is 2. The number of hydrogen-bond donors (Lipinski definition) is 3. The van der Waals surface area contributed by atoms with Crippen molar-refractivity contribution in [1.29, 1.82) is 0 Å². The first-order valence-electron chi connectivity index (χ1n) is 8.87. The van der Waals surface area contributed by atoms with Gasteiger partial charge in [0.05, 0.1) is 12.5 Å². The molecule has 27 heavy (non-hydrogen) atoms. The number of rotatable bonds is 8. The van der Waals surface area contributed by atoms with Crippen LogP contribution in [0.15, 0.2) is 24.3 Å². The Balaban J connectivity index is 1.50. The molecule has 1 aliphatic rings. The first-order chi connectivity index (χ1) is 13.1. The largest absolute Gasteiger partial charge is 0.356 e. The molecule has 0 radical (unpaired) electrons. The van der Waals surface area contributed by atoms with Gasteiger partial charge in [-0.1, -0.05) is 17.3 Å². The minimum atomic E-state index is -0.570. The summed E-state index contributed by atoms with van der Waals surface area (Å²) in [5, 5.41) is 19.1. The highest BCUT2D eigenvalue weighted by Crippen LogP contribution is 2.14. The van der Waals surface area contributed by atoms with Gasteiger partial charge in [-0.15, -0.1) is 10.2 Å². The summed E-state index contributed by atoms with van der Waals surface area (Å²) in [6, 6.07) is 5.71. The highest BCUT2D eigenvalue weighted by Gasteiger charge is 2.31. The average molecular weight is 375 g/mol. The number of nitrogens with zero attached hydrogens (tertiary/aromatic N) is 4. The monoisotopic (exact) mass is 375 g/mol. The number of benzene rings is 1. The van der Waals surface area contributed by atoms with Crippen LogP contribution in [0.2, 0.25) is 0 Å². The van der Waals surface area contributed by atoms with Gasteiger partial charge >= 0.3 is 0 Å². The molecule has 2 aromatic rings. The topological polar surface area (TPSA) is 116 Å². The number of tetrazole rings is 1. The minimum Gasteiger partial charge on any atom is -0.356 e. The van der Waals surface area contributed by atoms with Gasteiger partial charge in [0, 0.05) is 32.6 Å². The molecule has 2 amide bonds. The Hall–Kier alpha value is -2.88. The van der Waals surface area contributed by atoms with E-state index >= 15 is 0 Å². The number of H-pyrrole nitrogens is 1. The summed E-state index contributed by atoms with van der Waals surface area (Å²) >= 11 is 0. The molecule has 1 aromatic heterocycles. The summed E-state index contributed by atoms with van der Waals surface area (Å²) in [6.45, 7) is 2.00. The zero-order chi connectivity index (χ0) is 19.1. The summed E-state index contributed by atoms with van der Waals surface area (Å²) < 4.78 is 13.4. The van der Waals surface area contributed by atoms with Crippen LogP contribution in [-0.4, -0.2) is 63.0 Å². The molecule has 2 heterocycles. The second-order valence-electron chi connectivity index (χ2n) is 6.39. The number of carbonyl (C=O) groups excluding carboxylic acids is 2. The van der Waals surface area contributed by atoms with Gasteiger partial charge in [0.25, 0.3) is 0 Å². The Bertz CT molecular complexity index is 768. The van der Waals surface area contributed by atoms with Gasteiger partial charge in [-0.05, 0) is 24.1 Å². The molecular weight excluding hydrogens is 353 g/mol. The molecule has 1 atom stereocenters. The zero-order valence-corrected chi connectivity index (χ0v) is 14.8. The number of carbonyl (C=O) groups is 2. The molecule has 1 aromatic carbocycles. The van der Waals surface area contributed by atoms with E-state index in [9.17, 15) is 14.0 Å². The van der Waals surface area contributed by atoms with Crippen molar-refractivity contribution in [2.75, 3.05) is 19.6 Å². The van der Waals surface area contributed by atoms with Gasteiger partial charge in [-0.25, -0.2) is 4.39 Å². The van der Waals surface area contributed by atoms with Crippen molar-refractivity contribution in [3.8, 4) is 0 Å². The average Bonchev–Trinajstić information content (AvgIpc) is 3.15. The molecule has 1 saturated heterocycles. The Morgan fingerprint density at radius 3 is 3.07 bits per heavy atom. The molecule has 144 valence electrons. The number of aryl methyl sites for hydroxylation is 1. The van der Waals surface area contributed by atoms with Gasteiger partial charge in [0.2, 0.25) is 11.8 Å². The normalized spacial score (nSPS) is 17.5. The molecule has 0 unspecified atom stereocenters. The second-order valence-corrected chi connectivity index (χ2v) is 6.39. The smallest absolute Gasteiger partial charge is 0.237 e. The first kappa shape index (κ1) is 18.9. The van der Waals surface area contributed by atoms with Crippen LogP contribution in [0.1, 0.15) is 24.2 Å². The molecule has 1 fully saturated rings. The van der Waals surface area contributed by atoms with Crippen LogP contribution in [0.4, 0.5) is 4.39 Å². The molecule has 3 N–H and O–H groups in total. The van der Waals surface area contributed by atoms with Crippen molar-refractivity contribution in [3.63, 3.8) is 0 Å². The lowest BCUT2D eigenvalue weighted by Gasteiger charge is -2.34. The Labute approximate surface area is 155 Å². The van der Waals surface area contributed by atoms with Crippen molar-refractivity contribution in [2.24, 2.45) is 0 Å². The van der Waals surface area contributed by atoms with E-state index < -0.39 is 6.04 Å². The Morgan fingerprint density at radius 2 is 2.30 bits per heavy atom. The van der Waals surface area contributed by atoms with Crippen LogP contribution in [0, 0.1) is 5.82 Å². The number of aromatic amines is 1. The molecule has 1 aliphatic heterocycles. The van der Waals surface area contributed by atoms with E-state index in [1.807, 2.05) is 11.0 Å². The zero-order valence-electron chi connectivity index (χ0n) is 14.8. The standard InChI is InChI=1S/C17H22FN7O2/c18-13-4-1-3-12(9-13)11-25-8-7-20-17(27)14(25)10-16(26)19-6-2-5-15-21-23-24-22-15/h1,3-4,9,14H,2,5-8,10-11H2,(H,19,26)(H,20,27)(H,21,22,23,24)/t14-/m1/s1. The highest BCUT2D eigenvalue weighted by molar-refractivity contribution is 5.88. The summed E-state index contributed by atoms with van der Waals surface area (Å²) in [6.07, 6.45) is 1.34. The van der Waals surface area contributed by atoms with E-state index in [0.29, 0.717) is 44.8 Å². The van der Waals surface area contributed by atoms with E-state index in [4.69, 9.17) is 0 Å². The molecular formula is C17H22FN7O2. The summed E-state index contributed by atoms with van der Waals surface area (Å²) in [5.74, 6) is -0.101. The lowest BCUT2D eigenvalue weighted by atomic mass is 10.1. The van der Waals surface area contributed by atoms with E-state index in [2.05, 4.69) is 31.3 Å². The minimum absolute atomic E-state index is 0.0589. The number of aromatic nitrogens is 4. The van der Waals surface area contributed by atoms with Crippen LogP contribution in [0.3, 0.4) is 0 Å². The third-order valence-corrected chi connectivity index (χ3v) is 4.38. The fraction of sp³-hybridized carbons (Fsp3) is 0.471. The summed E-state index contributed by atoms with van der Waals surface area (Å²) in [5.41, 5.74) is 0.773. The van der Waals surface area contributed by atoms with Gasteiger partial charge in [0.1, 0.15) is 5.82 Å². The molecule has 0 bridgehead atoms. The molecule has 10 heteroatoms. The third-order valence-electron chi connectivity index (χ3n) is 4.38. The fourth-order valence-electron chi connectivity index (χ4n) is 3.05. The van der Waals surface area contributed by atoms with Gasteiger partial charge < -0.3 is 10.6 Å². The summed E-state index contributed by atoms with van der Waals surface area (Å²) in [4.78, 5) is 26.4. The lowest BCUT2D eigenvalue weighted by Crippen LogP contribution is -2.56. The number of hydrogen-bond acceptors (Lipinski definition) is 6. The SMILES string of the molecule is O=C(C[C@@H]1C(=O)NCCN1Cc1cccc(F)c1)NCCCc1nn[nH]n1. The maximum Gasteiger partial charge on any atom is 0.237 e. The first-order valence-corrected chi connectivity index (χ1v) is 8.87. The number of halogens is 1. The third kappa shape index (κ3) is 5.55. The maximum atomic E-state index is 13.4. The Morgan fingerprint density at radius 1 is 1.41 bits per heavy atom. The van der Waals surface area contributed by atoms with Crippen molar-refractivity contribution in [3.05, 3.63) is 41.5 Å². The van der Waals surface area contributed by atoms with Gasteiger partial charge in [-0.2, -0.15) is 5.21 Å². The van der Waals surface area contributed by atoms with E-state index in [0.717, 1.165) is 5.56 Å². The van der Waals surface area contributed by atoms with E-state index in [1.165, 1.54) is 12.1 Å². The van der Waals surface area contributed by atoms with Crippen molar-refractivity contribution in [2.45, 2.75) is 31.8 Å². The highest BCUT2D eigenvalue weighted by atomic mass is 19.1. The lowest BCUT2D eigenvalue weighted by molar-refractivity contribution is -0.134. The predicted octanol–water partition coefficient (Wildman–Crippen LogP) is -0.222. The van der Waals surface area contributed by atoms with Crippen molar-refractivity contribution in [1.82, 2.24) is 36.2 Å². The number of nitrogens with one attached hydrogen (secondary N) is 3. The fourth-order valence-corrected chi connectivity index (χ4v) is 3.05. The second kappa shape index (κ2) is 9.17. The van der Waals surface area contributed by atoms with Crippen LogP contribution in [0.25, 0.3) is 0 Å². The van der Waals surface area contributed by atoms with Gasteiger partial charge in [0.15, 0.2) is 5.82 Å². The molecule has 3 rings (SSSR count). The van der Waals surface area contributed by atoms with Crippen LogP contribution < -0.4 is 10.6 Å². The van der Waals surface area contributed by atoms with Crippen LogP contribution in [-0.2, 0) is 22.6 Å². The molecule has 0 saturated carbocycles. The Kier molecular flexibility index (Phi) is 6.42. The maximum absolute atomic E-state index is 13.4. The van der Waals surface area contributed by atoms with Gasteiger partial charge in [-0.3, -0.25) is 14.5 Å². The van der Waals surface area contributed by atoms with Crippen LogP contribution >= 0.6 is 0 Å². The number of piperazine rings is 1. The van der Waals surface area contributed by atoms with E-state index in [-0.39, 0.29) is 24.1 Å². The van der Waals surface area contributed by atoms with Crippen molar-refractivity contribution >= 4 is 11.8 Å². The summed E-state index contributed by atoms with van der Waals surface area (Å²) in [7, 11) is 0. The quantitative estimate of drug-likeness (QED) is 0.550. The molecule has 0 spiro atoms. The van der Waals surface area contributed by atoms with Crippen molar-refractivity contribution < 1.29 is 14.0 Å². The molecule has 0 aliphatic carbocycles. The van der Waals surface area contributed by atoms with Crippen LogP contribution in [0.5, 0.6) is 0 Å². The van der Waals surface area contributed by atoms with E-state index in [1.54, 1.807) is 6.07 Å².